The maximum Gasteiger partial charge on any atom is 0.130 e. The van der Waals surface area contributed by atoms with E-state index >= 15 is 0 Å². The number of aromatic nitrogens is 4. The molecule has 0 amide bonds. The van der Waals surface area contributed by atoms with Crippen LogP contribution < -0.4 is 0 Å². The minimum Gasteiger partial charge on any atom is -0.266 e. The Morgan fingerprint density at radius 1 is 1.38 bits per heavy atom. The minimum atomic E-state index is 0.821. The van der Waals surface area contributed by atoms with Crippen LogP contribution in [0.3, 0.4) is 0 Å². The lowest BCUT2D eigenvalue weighted by atomic mass is 10.2. The van der Waals surface area contributed by atoms with Gasteiger partial charge in [-0.3, -0.25) is 4.68 Å². The molecule has 0 aliphatic heterocycles. The molecule has 5 heteroatoms. The molecule has 0 N–H and O–H groups in total. The van der Waals surface area contributed by atoms with E-state index in [0.717, 1.165) is 34.7 Å². The van der Waals surface area contributed by atoms with Crippen LogP contribution in [0.5, 0.6) is 0 Å². The average Bonchev–Trinajstić information content (AvgIpc) is 2.64. The Kier molecular flexibility index (Phi) is 3.33. The molecule has 0 atom stereocenters. The van der Waals surface area contributed by atoms with Gasteiger partial charge in [-0.05, 0) is 34.5 Å². The molecule has 0 saturated carbocycles. The SMILES string of the molecule is CCCc1nc(Br)cc(-c2ccnn2C)n1. The van der Waals surface area contributed by atoms with Gasteiger partial charge in [0.2, 0.25) is 0 Å². The molecular formula is C11H13BrN4. The molecular weight excluding hydrogens is 268 g/mol. The molecule has 4 nitrogen and oxygen atoms in total. The number of aryl methyl sites for hydroxylation is 2. The summed E-state index contributed by atoms with van der Waals surface area (Å²) in [5.41, 5.74) is 1.91. The summed E-state index contributed by atoms with van der Waals surface area (Å²) in [5, 5.41) is 4.14. The fraction of sp³-hybridized carbons (Fsp3) is 0.364. The lowest BCUT2D eigenvalue weighted by molar-refractivity contribution is 0.768. The highest BCUT2D eigenvalue weighted by molar-refractivity contribution is 9.10. The monoisotopic (exact) mass is 280 g/mol. The second-order valence-corrected chi connectivity index (χ2v) is 4.39. The van der Waals surface area contributed by atoms with E-state index in [2.05, 4.69) is 37.9 Å². The molecule has 2 aromatic rings. The van der Waals surface area contributed by atoms with Crippen molar-refractivity contribution in [3.05, 3.63) is 28.8 Å². The zero-order chi connectivity index (χ0) is 11.5. The van der Waals surface area contributed by atoms with Crippen LogP contribution in [0.4, 0.5) is 0 Å². The third-order valence-electron chi connectivity index (χ3n) is 2.30. The van der Waals surface area contributed by atoms with Crippen molar-refractivity contribution in [2.75, 3.05) is 0 Å². The minimum absolute atomic E-state index is 0.821. The van der Waals surface area contributed by atoms with Crippen molar-refractivity contribution in [3.8, 4) is 11.4 Å². The van der Waals surface area contributed by atoms with Gasteiger partial charge < -0.3 is 0 Å². The molecule has 0 fully saturated rings. The van der Waals surface area contributed by atoms with Crippen LogP contribution in [-0.4, -0.2) is 19.7 Å². The predicted molar refractivity (Wildman–Crippen MR) is 65.9 cm³/mol. The van der Waals surface area contributed by atoms with Gasteiger partial charge in [-0.1, -0.05) is 6.92 Å². The summed E-state index contributed by atoms with van der Waals surface area (Å²) < 4.78 is 2.63. The van der Waals surface area contributed by atoms with Crippen LogP contribution in [-0.2, 0) is 13.5 Å². The largest absolute Gasteiger partial charge is 0.266 e. The summed E-state index contributed by atoms with van der Waals surface area (Å²) in [6, 6.07) is 3.86. The Labute approximate surface area is 103 Å². The van der Waals surface area contributed by atoms with Crippen molar-refractivity contribution in [2.45, 2.75) is 19.8 Å². The first-order valence-electron chi connectivity index (χ1n) is 5.22. The Bertz CT molecular complexity index is 492. The number of rotatable bonds is 3. The number of hydrogen-bond donors (Lipinski definition) is 0. The quantitative estimate of drug-likeness (QED) is 0.812. The number of hydrogen-bond acceptors (Lipinski definition) is 3. The van der Waals surface area contributed by atoms with Gasteiger partial charge in [0.1, 0.15) is 10.4 Å². The zero-order valence-corrected chi connectivity index (χ0v) is 10.9. The first-order valence-corrected chi connectivity index (χ1v) is 6.02. The Morgan fingerprint density at radius 3 is 2.81 bits per heavy atom. The van der Waals surface area contributed by atoms with Crippen LogP contribution in [0.2, 0.25) is 0 Å². The van der Waals surface area contributed by atoms with E-state index in [1.165, 1.54) is 0 Å². The molecule has 84 valence electrons. The average molecular weight is 281 g/mol. The molecule has 0 saturated heterocycles. The molecule has 0 radical (unpaired) electrons. The highest BCUT2D eigenvalue weighted by atomic mass is 79.9. The normalized spacial score (nSPS) is 10.7. The maximum atomic E-state index is 4.52. The first kappa shape index (κ1) is 11.3. The topological polar surface area (TPSA) is 43.6 Å². The summed E-state index contributed by atoms with van der Waals surface area (Å²) >= 11 is 3.41. The third kappa shape index (κ3) is 2.29. The van der Waals surface area contributed by atoms with Gasteiger partial charge in [0.25, 0.3) is 0 Å². The highest BCUT2D eigenvalue weighted by Gasteiger charge is 2.07. The number of nitrogens with zero attached hydrogens (tertiary/aromatic N) is 4. The Morgan fingerprint density at radius 2 is 2.19 bits per heavy atom. The smallest absolute Gasteiger partial charge is 0.130 e. The van der Waals surface area contributed by atoms with E-state index in [9.17, 15) is 0 Å². The molecule has 0 unspecified atom stereocenters. The maximum absolute atomic E-state index is 4.52. The van der Waals surface area contributed by atoms with Crippen LogP contribution in [0.15, 0.2) is 22.9 Å². The van der Waals surface area contributed by atoms with E-state index in [-0.39, 0.29) is 0 Å². The van der Waals surface area contributed by atoms with E-state index in [1.54, 1.807) is 6.20 Å². The zero-order valence-electron chi connectivity index (χ0n) is 9.31. The fourth-order valence-electron chi connectivity index (χ4n) is 1.56. The van der Waals surface area contributed by atoms with Gasteiger partial charge in [-0.25, -0.2) is 9.97 Å². The van der Waals surface area contributed by atoms with Gasteiger partial charge in [0, 0.05) is 19.7 Å². The van der Waals surface area contributed by atoms with Crippen molar-refractivity contribution in [2.24, 2.45) is 7.05 Å². The van der Waals surface area contributed by atoms with Gasteiger partial charge in [-0.2, -0.15) is 5.10 Å². The summed E-state index contributed by atoms with van der Waals surface area (Å²) in [7, 11) is 1.91. The summed E-state index contributed by atoms with van der Waals surface area (Å²) in [4.78, 5) is 8.86. The highest BCUT2D eigenvalue weighted by Crippen LogP contribution is 2.19. The molecule has 0 bridgehead atoms. The van der Waals surface area contributed by atoms with E-state index in [0.29, 0.717) is 0 Å². The predicted octanol–water partition coefficient (Wildman–Crippen LogP) is 2.59. The van der Waals surface area contributed by atoms with E-state index in [4.69, 9.17) is 0 Å². The summed E-state index contributed by atoms with van der Waals surface area (Å²) in [6.45, 7) is 2.12. The summed E-state index contributed by atoms with van der Waals surface area (Å²) in [6.07, 6.45) is 3.70. The van der Waals surface area contributed by atoms with Crippen LogP contribution >= 0.6 is 15.9 Å². The van der Waals surface area contributed by atoms with Gasteiger partial charge in [0.05, 0.1) is 11.4 Å². The lowest BCUT2D eigenvalue weighted by Gasteiger charge is -2.04. The Balaban J connectivity index is 2.45. The van der Waals surface area contributed by atoms with Gasteiger partial charge in [0.15, 0.2) is 0 Å². The fourth-order valence-corrected chi connectivity index (χ4v) is 1.98. The molecule has 2 rings (SSSR count). The Hall–Kier alpha value is -1.23. The van der Waals surface area contributed by atoms with Crippen LogP contribution in [0.1, 0.15) is 19.2 Å². The van der Waals surface area contributed by atoms with Crippen molar-refractivity contribution in [1.82, 2.24) is 19.7 Å². The van der Waals surface area contributed by atoms with Gasteiger partial charge >= 0.3 is 0 Å². The van der Waals surface area contributed by atoms with Gasteiger partial charge in [-0.15, -0.1) is 0 Å². The van der Waals surface area contributed by atoms with Crippen molar-refractivity contribution in [1.29, 1.82) is 0 Å². The lowest BCUT2D eigenvalue weighted by Crippen LogP contribution is -2.00. The molecule has 0 aromatic carbocycles. The second kappa shape index (κ2) is 4.74. The van der Waals surface area contributed by atoms with E-state index in [1.807, 2.05) is 23.9 Å². The van der Waals surface area contributed by atoms with Crippen molar-refractivity contribution in [3.63, 3.8) is 0 Å². The molecule has 0 aliphatic carbocycles. The molecule has 2 aromatic heterocycles. The summed E-state index contributed by atoms with van der Waals surface area (Å²) in [5.74, 6) is 0.869. The molecule has 0 spiro atoms. The van der Waals surface area contributed by atoms with Crippen LogP contribution in [0, 0.1) is 0 Å². The third-order valence-corrected chi connectivity index (χ3v) is 2.70. The second-order valence-electron chi connectivity index (χ2n) is 3.58. The van der Waals surface area contributed by atoms with E-state index < -0.39 is 0 Å². The van der Waals surface area contributed by atoms with Crippen molar-refractivity contribution >= 4 is 15.9 Å². The molecule has 16 heavy (non-hydrogen) atoms. The first-order chi connectivity index (χ1) is 7.70. The standard InChI is InChI=1S/C11H13BrN4/c1-3-4-11-14-8(7-10(12)15-11)9-5-6-13-16(9)2/h5-7H,3-4H2,1-2H3. The molecule has 2 heterocycles. The molecule has 0 aliphatic rings. The van der Waals surface area contributed by atoms with Crippen molar-refractivity contribution < 1.29 is 0 Å². The number of halogens is 1. The van der Waals surface area contributed by atoms with Crippen LogP contribution in [0.25, 0.3) is 11.4 Å².